The Balaban J connectivity index is 1.93. The number of hydrogen-bond acceptors (Lipinski definition) is 5. The third-order valence-electron chi connectivity index (χ3n) is 2.79. The van der Waals surface area contributed by atoms with Gasteiger partial charge in [0.2, 0.25) is 0 Å². The smallest absolute Gasteiger partial charge is 0.320 e. The lowest BCUT2D eigenvalue weighted by atomic mass is 10.2. The van der Waals surface area contributed by atoms with E-state index in [0.29, 0.717) is 12.3 Å². The molecule has 0 spiro atoms. The third kappa shape index (κ3) is 3.79. The molecule has 5 nitrogen and oxygen atoms in total. The van der Waals surface area contributed by atoms with Crippen LogP contribution >= 0.6 is 11.3 Å². The Morgan fingerprint density at radius 3 is 2.95 bits per heavy atom. The van der Waals surface area contributed by atoms with Gasteiger partial charge in [-0.3, -0.25) is 4.79 Å². The summed E-state index contributed by atoms with van der Waals surface area (Å²) in [7, 11) is 0. The fraction of sp³-hybridized carbons (Fsp3) is 0.286. The first-order chi connectivity index (χ1) is 9.56. The molecule has 6 heteroatoms. The summed E-state index contributed by atoms with van der Waals surface area (Å²) in [6.07, 6.45) is 0.232. The molecule has 106 valence electrons. The number of aromatic nitrogens is 1. The molecule has 2 aromatic rings. The first kappa shape index (κ1) is 14.5. The standard InChI is InChI=1S/C14H16N2O3S/c1-9-4-2-3-5-12(9)19-7-13-16-10(8-20-13)6-11(15)14(17)18/h2-5,8,11H,6-7,15H2,1H3,(H,17,18). The molecule has 1 heterocycles. The summed E-state index contributed by atoms with van der Waals surface area (Å²) in [6, 6.07) is 6.85. The van der Waals surface area contributed by atoms with E-state index in [9.17, 15) is 4.79 Å². The third-order valence-corrected chi connectivity index (χ3v) is 3.66. The number of carbonyl (C=O) groups is 1. The molecule has 0 aliphatic carbocycles. The van der Waals surface area contributed by atoms with Gasteiger partial charge in [0.25, 0.3) is 0 Å². The maximum atomic E-state index is 10.7. The normalized spacial score (nSPS) is 12.1. The van der Waals surface area contributed by atoms with Crippen LogP contribution < -0.4 is 10.5 Å². The summed E-state index contributed by atoms with van der Waals surface area (Å²) in [6.45, 7) is 2.35. The van der Waals surface area contributed by atoms with Crippen LogP contribution in [0.5, 0.6) is 5.75 Å². The van der Waals surface area contributed by atoms with Gasteiger partial charge < -0.3 is 15.6 Å². The number of rotatable bonds is 6. The van der Waals surface area contributed by atoms with Crippen LogP contribution in [-0.2, 0) is 17.8 Å². The quantitative estimate of drug-likeness (QED) is 0.850. The van der Waals surface area contributed by atoms with Crippen molar-refractivity contribution in [3.05, 3.63) is 45.9 Å². The van der Waals surface area contributed by atoms with Gasteiger partial charge in [-0.2, -0.15) is 0 Å². The van der Waals surface area contributed by atoms with E-state index in [0.717, 1.165) is 16.3 Å². The van der Waals surface area contributed by atoms with Crippen LogP contribution in [0, 0.1) is 6.92 Å². The number of carboxylic acid groups (broad SMARTS) is 1. The lowest BCUT2D eigenvalue weighted by Gasteiger charge is -2.06. The van der Waals surface area contributed by atoms with Gasteiger partial charge in [0.05, 0.1) is 5.69 Å². The average molecular weight is 292 g/mol. The molecule has 3 N–H and O–H groups in total. The number of hydrogen-bond donors (Lipinski definition) is 2. The van der Waals surface area contributed by atoms with Crippen LogP contribution in [0.2, 0.25) is 0 Å². The van der Waals surface area contributed by atoms with E-state index < -0.39 is 12.0 Å². The molecule has 1 aromatic heterocycles. The maximum Gasteiger partial charge on any atom is 0.320 e. The number of aliphatic carboxylic acids is 1. The molecule has 0 saturated heterocycles. The molecule has 0 fully saturated rings. The number of nitrogens with two attached hydrogens (primary N) is 1. The molecule has 20 heavy (non-hydrogen) atoms. The van der Waals surface area contributed by atoms with Crippen molar-refractivity contribution in [2.45, 2.75) is 26.0 Å². The molecule has 0 aliphatic heterocycles. The molecule has 2 rings (SSSR count). The van der Waals surface area contributed by atoms with Gasteiger partial charge in [0.1, 0.15) is 23.4 Å². The average Bonchev–Trinajstić information content (AvgIpc) is 2.85. The van der Waals surface area contributed by atoms with E-state index in [-0.39, 0.29) is 6.42 Å². The summed E-state index contributed by atoms with van der Waals surface area (Å²) in [5.74, 6) is -0.192. The second-order valence-electron chi connectivity index (χ2n) is 4.44. The van der Waals surface area contributed by atoms with Crippen LogP contribution in [0.25, 0.3) is 0 Å². The minimum Gasteiger partial charge on any atom is -0.486 e. The highest BCUT2D eigenvalue weighted by Gasteiger charge is 2.14. The van der Waals surface area contributed by atoms with Crippen molar-refractivity contribution in [1.82, 2.24) is 4.98 Å². The van der Waals surface area contributed by atoms with Crippen molar-refractivity contribution in [1.29, 1.82) is 0 Å². The molecule has 0 bridgehead atoms. The number of ether oxygens (including phenoxy) is 1. The first-order valence-electron chi connectivity index (χ1n) is 6.16. The van der Waals surface area contributed by atoms with Gasteiger partial charge in [-0.25, -0.2) is 4.98 Å². The molecule has 1 atom stereocenters. The molecule has 0 aliphatic rings. The fourth-order valence-electron chi connectivity index (χ4n) is 1.68. The molecule has 1 aromatic carbocycles. The zero-order valence-electron chi connectivity index (χ0n) is 11.1. The summed E-state index contributed by atoms with van der Waals surface area (Å²) < 4.78 is 5.69. The van der Waals surface area contributed by atoms with Crippen molar-refractivity contribution in [3.8, 4) is 5.75 Å². The van der Waals surface area contributed by atoms with E-state index in [1.165, 1.54) is 11.3 Å². The SMILES string of the molecule is Cc1ccccc1OCc1nc(CC(N)C(=O)O)cs1. The minimum atomic E-state index is -1.02. The summed E-state index contributed by atoms with van der Waals surface area (Å²) >= 11 is 1.44. The van der Waals surface area contributed by atoms with E-state index in [4.69, 9.17) is 15.6 Å². The highest BCUT2D eigenvalue weighted by molar-refractivity contribution is 7.09. The largest absolute Gasteiger partial charge is 0.486 e. The van der Waals surface area contributed by atoms with Gasteiger partial charge in [0.15, 0.2) is 0 Å². The molecule has 0 amide bonds. The van der Waals surface area contributed by atoms with Crippen molar-refractivity contribution < 1.29 is 14.6 Å². The Hall–Kier alpha value is -1.92. The van der Waals surface area contributed by atoms with Crippen LogP contribution in [0.1, 0.15) is 16.3 Å². The molecule has 0 radical (unpaired) electrons. The second kappa shape index (κ2) is 6.49. The molecular weight excluding hydrogens is 276 g/mol. The Kier molecular flexibility index (Phi) is 4.70. The first-order valence-corrected chi connectivity index (χ1v) is 7.04. The highest BCUT2D eigenvalue weighted by atomic mass is 32.1. The molecule has 0 saturated carbocycles. The van der Waals surface area contributed by atoms with E-state index in [1.807, 2.05) is 36.6 Å². The summed E-state index contributed by atoms with van der Waals surface area (Å²) in [5, 5.41) is 11.4. The van der Waals surface area contributed by atoms with Gasteiger partial charge in [-0.05, 0) is 18.6 Å². The number of nitrogens with zero attached hydrogens (tertiary/aromatic N) is 1. The number of aryl methyl sites for hydroxylation is 1. The number of carboxylic acids is 1. The van der Waals surface area contributed by atoms with Gasteiger partial charge in [-0.1, -0.05) is 18.2 Å². The van der Waals surface area contributed by atoms with Crippen molar-refractivity contribution in [2.75, 3.05) is 0 Å². The van der Waals surface area contributed by atoms with Gasteiger partial charge in [0, 0.05) is 11.8 Å². The lowest BCUT2D eigenvalue weighted by Crippen LogP contribution is -2.32. The summed E-state index contributed by atoms with van der Waals surface area (Å²) in [4.78, 5) is 15.0. The monoisotopic (exact) mass is 292 g/mol. The topological polar surface area (TPSA) is 85.4 Å². The van der Waals surface area contributed by atoms with Crippen LogP contribution in [0.4, 0.5) is 0 Å². The predicted octanol–water partition coefficient (Wildman–Crippen LogP) is 1.98. The minimum absolute atomic E-state index is 0.232. The maximum absolute atomic E-state index is 10.7. The van der Waals surface area contributed by atoms with E-state index >= 15 is 0 Å². The predicted molar refractivity (Wildman–Crippen MR) is 76.9 cm³/mol. The summed E-state index contributed by atoms with van der Waals surface area (Å²) in [5.41, 5.74) is 7.23. The Bertz CT molecular complexity index is 598. The van der Waals surface area contributed by atoms with Crippen molar-refractivity contribution >= 4 is 17.3 Å². The van der Waals surface area contributed by atoms with Gasteiger partial charge >= 0.3 is 5.97 Å². The van der Waals surface area contributed by atoms with Gasteiger partial charge in [-0.15, -0.1) is 11.3 Å². The molecular formula is C14H16N2O3S. The van der Waals surface area contributed by atoms with Crippen LogP contribution in [0.15, 0.2) is 29.6 Å². The number of thiazole rings is 1. The molecule has 1 unspecified atom stereocenters. The van der Waals surface area contributed by atoms with Crippen LogP contribution in [-0.4, -0.2) is 22.1 Å². The Morgan fingerprint density at radius 1 is 1.50 bits per heavy atom. The van der Waals surface area contributed by atoms with Crippen LogP contribution in [0.3, 0.4) is 0 Å². The number of benzene rings is 1. The fourth-order valence-corrected chi connectivity index (χ4v) is 2.40. The number of para-hydroxylation sites is 1. The van der Waals surface area contributed by atoms with Crippen molar-refractivity contribution in [2.24, 2.45) is 5.73 Å². The zero-order valence-corrected chi connectivity index (χ0v) is 11.9. The zero-order chi connectivity index (χ0) is 14.5. The lowest BCUT2D eigenvalue weighted by molar-refractivity contribution is -0.138. The van der Waals surface area contributed by atoms with Crippen molar-refractivity contribution in [3.63, 3.8) is 0 Å². The Labute approximate surface area is 121 Å². The highest BCUT2D eigenvalue weighted by Crippen LogP contribution is 2.19. The Morgan fingerprint density at radius 2 is 2.25 bits per heavy atom. The van der Waals surface area contributed by atoms with E-state index in [2.05, 4.69) is 4.98 Å². The van der Waals surface area contributed by atoms with E-state index in [1.54, 1.807) is 0 Å². The second-order valence-corrected chi connectivity index (χ2v) is 5.38.